The van der Waals surface area contributed by atoms with Gasteiger partial charge in [-0.15, -0.1) is 0 Å². The lowest BCUT2D eigenvalue weighted by Crippen LogP contribution is -2.44. The first-order chi connectivity index (χ1) is 11.7. The number of aliphatic imine (C=N–C) groups is 1. The summed E-state index contributed by atoms with van der Waals surface area (Å²) in [4.78, 5) is 20.6. The lowest BCUT2D eigenvalue weighted by molar-refractivity contribution is 0.0230. The normalized spacial score (nSPS) is 21.0. The van der Waals surface area contributed by atoms with E-state index in [1.807, 2.05) is 34.7 Å². The Morgan fingerprint density at radius 3 is 2.52 bits per heavy atom. The quantitative estimate of drug-likeness (QED) is 0.624. The molecule has 25 heavy (non-hydrogen) atoms. The molecule has 0 aromatic rings. The average Bonchev–Trinajstić information content (AvgIpc) is 2.94. The van der Waals surface area contributed by atoms with Crippen LogP contribution in [0.1, 0.15) is 59.8 Å². The highest BCUT2D eigenvalue weighted by Gasteiger charge is 2.43. The molecular weight excluding hydrogens is 316 g/mol. The summed E-state index contributed by atoms with van der Waals surface area (Å²) in [6, 6.07) is 0.108. The molecule has 1 unspecified atom stereocenters. The Bertz CT molecular complexity index is 494. The second-order valence-electron chi connectivity index (χ2n) is 8.73. The molecule has 1 saturated carbocycles. The van der Waals surface area contributed by atoms with Gasteiger partial charge in [-0.25, -0.2) is 4.79 Å². The minimum absolute atomic E-state index is 0.108. The molecule has 2 aliphatic rings. The summed E-state index contributed by atoms with van der Waals surface area (Å²) in [5.74, 6) is 0.996. The third-order valence-corrected chi connectivity index (χ3v) is 5.55. The number of rotatable bonds is 4. The fraction of sp³-hybridized carbons (Fsp3) is 0.895. The van der Waals surface area contributed by atoms with Gasteiger partial charge in [0.25, 0.3) is 0 Å². The molecule has 144 valence electrons. The zero-order valence-corrected chi connectivity index (χ0v) is 16.9. The molecule has 1 aliphatic heterocycles. The van der Waals surface area contributed by atoms with Crippen LogP contribution in [0, 0.1) is 5.41 Å². The van der Waals surface area contributed by atoms with Crippen LogP contribution in [-0.2, 0) is 4.74 Å². The molecule has 1 spiro atoms. The summed E-state index contributed by atoms with van der Waals surface area (Å²) in [5.41, 5.74) is 0.112. The smallest absolute Gasteiger partial charge is 0.410 e. The molecule has 1 atom stereocenters. The number of nitrogens with zero attached hydrogens (tertiary/aromatic N) is 3. The molecule has 0 bridgehead atoms. The predicted molar refractivity (Wildman–Crippen MR) is 102 cm³/mol. The van der Waals surface area contributed by atoms with Gasteiger partial charge in [0.1, 0.15) is 5.60 Å². The summed E-state index contributed by atoms with van der Waals surface area (Å²) in [6.45, 7) is 10.8. The van der Waals surface area contributed by atoms with Gasteiger partial charge >= 0.3 is 6.09 Å². The minimum atomic E-state index is -0.460. The Balaban J connectivity index is 1.74. The van der Waals surface area contributed by atoms with Crippen molar-refractivity contribution in [1.29, 1.82) is 0 Å². The van der Waals surface area contributed by atoms with Gasteiger partial charge in [0.15, 0.2) is 5.96 Å². The van der Waals surface area contributed by atoms with E-state index in [4.69, 9.17) is 4.74 Å². The van der Waals surface area contributed by atoms with Crippen LogP contribution in [0.3, 0.4) is 0 Å². The number of carbonyl (C=O) groups is 1. The Kier molecular flexibility index (Phi) is 6.22. The number of hydrogen-bond donors (Lipinski definition) is 1. The van der Waals surface area contributed by atoms with Crippen molar-refractivity contribution in [2.45, 2.75) is 71.4 Å². The van der Waals surface area contributed by atoms with Gasteiger partial charge in [0.05, 0.1) is 0 Å². The van der Waals surface area contributed by atoms with Crippen molar-refractivity contribution in [2.24, 2.45) is 10.4 Å². The highest BCUT2D eigenvalue weighted by molar-refractivity contribution is 5.80. The number of likely N-dealkylation sites (tertiary alicyclic amines) is 1. The van der Waals surface area contributed by atoms with Gasteiger partial charge in [0, 0.05) is 39.8 Å². The topological polar surface area (TPSA) is 57.2 Å². The van der Waals surface area contributed by atoms with E-state index < -0.39 is 5.60 Å². The van der Waals surface area contributed by atoms with E-state index in [9.17, 15) is 4.79 Å². The largest absolute Gasteiger partial charge is 0.444 e. The number of hydrogen-bond acceptors (Lipinski definition) is 3. The molecule has 1 amide bonds. The maximum absolute atomic E-state index is 12.1. The average molecular weight is 353 g/mol. The van der Waals surface area contributed by atoms with Gasteiger partial charge in [-0.05, 0) is 58.8 Å². The van der Waals surface area contributed by atoms with E-state index in [0.717, 1.165) is 32.0 Å². The van der Waals surface area contributed by atoms with Crippen molar-refractivity contribution < 1.29 is 9.53 Å². The van der Waals surface area contributed by atoms with Crippen molar-refractivity contribution in [3.63, 3.8) is 0 Å². The number of nitrogens with one attached hydrogen (secondary N) is 1. The van der Waals surface area contributed by atoms with Crippen LogP contribution >= 0.6 is 0 Å². The second-order valence-corrected chi connectivity index (χ2v) is 8.73. The van der Waals surface area contributed by atoms with Crippen molar-refractivity contribution in [2.75, 3.05) is 33.7 Å². The van der Waals surface area contributed by atoms with Crippen LogP contribution in [0.4, 0.5) is 4.79 Å². The maximum atomic E-state index is 12.1. The van der Waals surface area contributed by atoms with Gasteiger partial charge in [-0.2, -0.15) is 0 Å². The summed E-state index contributed by atoms with van der Waals surface area (Å²) in [7, 11) is 3.65. The predicted octanol–water partition coefficient (Wildman–Crippen LogP) is 3.08. The summed E-state index contributed by atoms with van der Waals surface area (Å²) in [6.07, 6.45) is 6.01. The molecule has 1 heterocycles. The molecule has 1 N–H and O–H groups in total. The number of ether oxygens (including phenoxy) is 1. The van der Waals surface area contributed by atoms with Crippen LogP contribution in [0.2, 0.25) is 0 Å². The summed E-state index contributed by atoms with van der Waals surface area (Å²) >= 11 is 0. The van der Waals surface area contributed by atoms with Crippen LogP contribution in [-0.4, -0.2) is 67.2 Å². The molecule has 0 aromatic heterocycles. The van der Waals surface area contributed by atoms with E-state index in [1.54, 1.807) is 11.9 Å². The Morgan fingerprint density at radius 2 is 2.04 bits per heavy atom. The lowest BCUT2D eigenvalue weighted by atomic mass is 9.68. The van der Waals surface area contributed by atoms with Crippen molar-refractivity contribution in [3.8, 4) is 0 Å². The fourth-order valence-electron chi connectivity index (χ4n) is 3.63. The molecule has 0 aromatic carbocycles. The SMILES string of the molecule is CN=C(NCCC(C)N(C)C(=O)OC(C)(C)C)N1CCC2(CCC2)C1. The van der Waals surface area contributed by atoms with E-state index in [0.29, 0.717) is 5.41 Å². The molecule has 6 nitrogen and oxygen atoms in total. The van der Waals surface area contributed by atoms with Crippen LogP contribution in [0.25, 0.3) is 0 Å². The van der Waals surface area contributed by atoms with Crippen LogP contribution in [0.5, 0.6) is 0 Å². The molecule has 0 radical (unpaired) electrons. The molecule has 1 aliphatic carbocycles. The lowest BCUT2D eigenvalue weighted by Gasteiger charge is -2.38. The van der Waals surface area contributed by atoms with Gasteiger partial charge in [0.2, 0.25) is 0 Å². The van der Waals surface area contributed by atoms with Gasteiger partial charge < -0.3 is 19.9 Å². The van der Waals surface area contributed by atoms with Crippen molar-refractivity contribution in [1.82, 2.24) is 15.1 Å². The van der Waals surface area contributed by atoms with E-state index in [1.165, 1.54) is 25.7 Å². The first-order valence-corrected chi connectivity index (χ1v) is 9.57. The first kappa shape index (κ1) is 19.9. The third kappa shape index (κ3) is 5.25. The molecule has 2 rings (SSSR count). The van der Waals surface area contributed by atoms with Gasteiger partial charge in [-0.1, -0.05) is 6.42 Å². The molecule has 6 heteroatoms. The Labute approximate surface area is 153 Å². The summed E-state index contributed by atoms with van der Waals surface area (Å²) < 4.78 is 5.43. The van der Waals surface area contributed by atoms with E-state index in [-0.39, 0.29) is 12.1 Å². The Morgan fingerprint density at radius 1 is 1.36 bits per heavy atom. The highest BCUT2D eigenvalue weighted by atomic mass is 16.6. The van der Waals surface area contributed by atoms with Crippen LogP contribution < -0.4 is 5.32 Å². The van der Waals surface area contributed by atoms with Crippen LogP contribution in [0.15, 0.2) is 4.99 Å². The number of carbonyl (C=O) groups excluding carboxylic acids is 1. The van der Waals surface area contributed by atoms with E-state index in [2.05, 4.69) is 15.2 Å². The fourth-order valence-corrected chi connectivity index (χ4v) is 3.63. The minimum Gasteiger partial charge on any atom is -0.444 e. The standard InChI is InChI=1S/C19H36N4O2/c1-15(22(6)17(24)25-18(2,3)4)8-12-21-16(20-5)23-13-11-19(14-23)9-7-10-19/h15H,7-14H2,1-6H3,(H,20,21). The van der Waals surface area contributed by atoms with Crippen molar-refractivity contribution in [3.05, 3.63) is 0 Å². The summed E-state index contributed by atoms with van der Waals surface area (Å²) in [5, 5.41) is 3.47. The monoisotopic (exact) mass is 352 g/mol. The second kappa shape index (κ2) is 7.83. The molecular formula is C19H36N4O2. The third-order valence-electron chi connectivity index (χ3n) is 5.55. The van der Waals surface area contributed by atoms with E-state index >= 15 is 0 Å². The van der Waals surface area contributed by atoms with Gasteiger partial charge in [-0.3, -0.25) is 4.99 Å². The maximum Gasteiger partial charge on any atom is 0.410 e. The first-order valence-electron chi connectivity index (χ1n) is 9.57. The number of guanidine groups is 1. The van der Waals surface area contributed by atoms with Crippen molar-refractivity contribution >= 4 is 12.1 Å². The molecule has 1 saturated heterocycles. The molecule has 2 fully saturated rings. The zero-order chi connectivity index (χ0) is 18.7. The number of amides is 1. The highest BCUT2D eigenvalue weighted by Crippen LogP contribution is 2.47. The zero-order valence-electron chi connectivity index (χ0n) is 16.9. The Hall–Kier alpha value is -1.46.